The van der Waals surface area contributed by atoms with Crippen LogP contribution in [0.5, 0.6) is 0 Å². The molecule has 2 aromatic rings. The van der Waals surface area contributed by atoms with Crippen LogP contribution in [0.25, 0.3) is 0 Å². The Bertz CT molecular complexity index is 609. The van der Waals surface area contributed by atoms with Gasteiger partial charge >= 0.3 is 0 Å². The van der Waals surface area contributed by atoms with Crippen LogP contribution in [-0.4, -0.2) is 15.3 Å². The van der Waals surface area contributed by atoms with Gasteiger partial charge < -0.3 is 5.32 Å². The molecule has 0 atom stereocenters. The van der Waals surface area contributed by atoms with Crippen molar-refractivity contribution < 1.29 is 4.39 Å². The molecule has 114 valence electrons. The van der Waals surface area contributed by atoms with Crippen LogP contribution in [0.4, 0.5) is 4.39 Å². The van der Waals surface area contributed by atoms with Crippen LogP contribution in [0, 0.1) is 12.7 Å². The summed E-state index contributed by atoms with van der Waals surface area (Å²) in [5.74, 6) is -0.238. The minimum atomic E-state index is -0.238. The van der Waals surface area contributed by atoms with Gasteiger partial charge in [-0.3, -0.25) is 4.68 Å². The Hall–Kier alpha value is -1.20. The van der Waals surface area contributed by atoms with Crippen LogP contribution in [0.1, 0.15) is 37.6 Å². The zero-order valence-corrected chi connectivity index (χ0v) is 14.5. The van der Waals surface area contributed by atoms with Gasteiger partial charge in [-0.25, -0.2) is 4.39 Å². The van der Waals surface area contributed by atoms with E-state index in [1.54, 1.807) is 0 Å². The van der Waals surface area contributed by atoms with Crippen molar-refractivity contribution in [3.05, 3.63) is 51.5 Å². The SMILES string of the molecule is Cc1nn(Cc2cc(F)cc(Br)c2)cc1CNC(C)(C)C. The number of rotatable bonds is 4. The van der Waals surface area contributed by atoms with Gasteiger partial charge in [0.25, 0.3) is 0 Å². The molecule has 0 saturated heterocycles. The lowest BCUT2D eigenvalue weighted by Crippen LogP contribution is -2.35. The minimum Gasteiger partial charge on any atom is -0.308 e. The van der Waals surface area contributed by atoms with E-state index in [1.807, 2.05) is 23.9 Å². The van der Waals surface area contributed by atoms with E-state index in [2.05, 4.69) is 47.1 Å². The van der Waals surface area contributed by atoms with Crippen molar-refractivity contribution in [1.82, 2.24) is 15.1 Å². The highest BCUT2D eigenvalue weighted by Gasteiger charge is 2.11. The summed E-state index contributed by atoms with van der Waals surface area (Å²) in [5, 5.41) is 7.96. The summed E-state index contributed by atoms with van der Waals surface area (Å²) in [6, 6.07) is 4.90. The Balaban J connectivity index is 2.11. The smallest absolute Gasteiger partial charge is 0.124 e. The molecule has 0 amide bonds. The van der Waals surface area contributed by atoms with E-state index < -0.39 is 0 Å². The first-order valence-corrected chi connectivity index (χ1v) is 7.75. The third-order valence-corrected chi connectivity index (χ3v) is 3.58. The quantitative estimate of drug-likeness (QED) is 0.899. The number of benzene rings is 1. The van der Waals surface area contributed by atoms with Crippen LogP contribution in [0.3, 0.4) is 0 Å². The molecular formula is C16H21BrFN3. The van der Waals surface area contributed by atoms with E-state index in [4.69, 9.17) is 0 Å². The van der Waals surface area contributed by atoms with Crippen molar-refractivity contribution in [2.75, 3.05) is 0 Å². The summed E-state index contributed by atoms with van der Waals surface area (Å²) < 4.78 is 16.0. The fourth-order valence-corrected chi connectivity index (χ4v) is 2.58. The molecule has 21 heavy (non-hydrogen) atoms. The molecule has 3 nitrogen and oxygen atoms in total. The number of halogens is 2. The number of nitrogens with one attached hydrogen (secondary N) is 1. The predicted octanol–water partition coefficient (Wildman–Crippen LogP) is 4.03. The van der Waals surface area contributed by atoms with Gasteiger partial charge in [0, 0.05) is 28.3 Å². The van der Waals surface area contributed by atoms with Gasteiger partial charge in [-0.05, 0) is 51.5 Å². The molecule has 1 heterocycles. The first-order chi connectivity index (χ1) is 9.73. The number of aromatic nitrogens is 2. The Morgan fingerprint density at radius 2 is 2.00 bits per heavy atom. The fourth-order valence-electron chi connectivity index (χ4n) is 2.06. The summed E-state index contributed by atoms with van der Waals surface area (Å²) >= 11 is 3.31. The van der Waals surface area contributed by atoms with Gasteiger partial charge in [0.1, 0.15) is 5.82 Å². The molecular weight excluding hydrogens is 333 g/mol. The highest BCUT2D eigenvalue weighted by molar-refractivity contribution is 9.10. The standard InChI is InChI=1S/C16H21BrFN3/c1-11-13(8-19-16(2,3)4)10-21(20-11)9-12-5-14(17)7-15(18)6-12/h5-7,10,19H,8-9H2,1-4H3. The second-order valence-electron chi connectivity index (χ2n) is 6.32. The molecule has 0 saturated carbocycles. The van der Waals surface area contributed by atoms with E-state index in [0.29, 0.717) is 6.54 Å². The molecule has 1 aromatic heterocycles. The van der Waals surface area contributed by atoms with Crippen LogP contribution in [0.2, 0.25) is 0 Å². The molecule has 5 heteroatoms. The second kappa shape index (κ2) is 6.28. The monoisotopic (exact) mass is 353 g/mol. The summed E-state index contributed by atoms with van der Waals surface area (Å²) in [6.45, 7) is 9.75. The van der Waals surface area contributed by atoms with Crippen molar-refractivity contribution in [1.29, 1.82) is 0 Å². The average Bonchev–Trinajstić information content (AvgIpc) is 2.64. The number of nitrogens with zero attached hydrogens (tertiary/aromatic N) is 2. The highest BCUT2D eigenvalue weighted by atomic mass is 79.9. The fraction of sp³-hybridized carbons (Fsp3) is 0.438. The van der Waals surface area contributed by atoms with Gasteiger partial charge in [-0.1, -0.05) is 15.9 Å². The number of hydrogen-bond donors (Lipinski definition) is 1. The Labute approximate surface area is 133 Å². The van der Waals surface area contributed by atoms with Gasteiger partial charge in [-0.2, -0.15) is 5.10 Å². The summed E-state index contributed by atoms with van der Waals surface area (Å²) in [6.07, 6.45) is 2.02. The lowest BCUT2D eigenvalue weighted by atomic mass is 10.1. The van der Waals surface area contributed by atoms with Gasteiger partial charge in [0.2, 0.25) is 0 Å². The van der Waals surface area contributed by atoms with Crippen molar-refractivity contribution in [2.45, 2.75) is 46.3 Å². The van der Waals surface area contributed by atoms with Crippen LogP contribution in [0.15, 0.2) is 28.9 Å². The maximum atomic E-state index is 13.4. The second-order valence-corrected chi connectivity index (χ2v) is 7.23. The molecule has 1 N–H and O–H groups in total. The predicted molar refractivity (Wildman–Crippen MR) is 86.8 cm³/mol. The van der Waals surface area contributed by atoms with Gasteiger partial charge in [0.05, 0.1) is 12.2 Å². The highest BCUT2D eigenvalue weighted by Crippen LogP contribution is 2.16. The van der Waals surface area contributed by atoms with Crippen LogP contribution >= 0.6 is 15.9 Å². The summed E-state index contributed by atoms with van der Waals surface area (Å²) in [7, 11) is 0. The molecule has 0 unspecified atom stereocenters. The van der Waals surface area contributed by atoms with Crippen molar-refractivity contribution in [2.24, 2.45) is 0 Å². The van der Waals surface area contributed by atoms with Crippen molar-refractivity contribution in [3.8, 4) is 0 Å². The molecule has 0 fully saturated rings. The molecule has 0 aliphatic heterocycles. The van der Waals surface area contributed by atoms with Gasteiger partial charge in [-0.15, -0.1) is 0 Å². The largest absolute Gasteiger partial charge is 0.308 e. The third kappa shape index (κ3) is 4.93. The van der Waals surface area contributed by atoms with Crippen LogP contribution in [-0.2, 0) is 13.1 Å². The maximum Gasteiger partial charge on any atom is 0.124 e. The van der Waals surface area contributed by atoms with E-state index >= 15 is 0 Å². The molecule has 1 aromatic carbocycles. The molecule has 0 radical (unpaired) electrons. The van der Waals surface area contributed by atoms with Crippen molar-refractivity contribution >= 4 is 15.9 Å². The van der Waals surface area contributed by atoms with E-state index in [1.165, 1.54) is 17.7 Å². The summed E-state index contributed by atoms with van der Waals surface area (Å²) in [5.41, 5.74) is 3.13. The van der Waals surface area contributed by atoms with Crippen LogP contribution < -0.4 is 5.32 Å². The molecule has 0 bridgehead atoms. The number of hydrogen-bond acceptors (Lipinski definition) is 2. The Morgan fingerprint density at radius 1 is 1.29 bits per heavy atom. The Morgan fingerprint density at radius 3 is 2.62 bits per heavy atom. The molecule has 2 rings (SSSR count). The number of aryl methyl sites for hydroxylation is 1. The third-order valence-electron chi connectivity index (χ3n) is 3.12. The Kier molecular flexibility index (Phi) is 4.84. The topological polar surface area (TPSA) is 29.9 Å². The lowest BCUT2D eigenvalue weighted by molar-refractivity contribution is 0.423. The first kappa shape index (κ1) is 16.2. The minimum absolute atomic E-state index is 0.0714. The molecule has 0 spiro atoms. The maximum absolute atomic E-state index is 13.4. The average molecular weight is 354 g/mol. The van der Waals surface area contributed by atoms with E-state index in [9.17, 15) is 4.39 Å². The first-order valence-electron chi connectivity index (χ1n) is 6.96. The zero-order chi connectivity index (χ0) is 15.6. The van der Waals surface area contributed by atoms with E-state index in [0.717, 1.165) is 22.3 Å². The summed E-state index contributed by atoms with van der Waals surface area (Å²) in [4.78, 5) is 0. The lowest BCUT2D eigenvalue weighted by Gasteiger charge is -2.20. The van der Waals surface area contributed by atoms with Gasteiger partial charge in [0.15, 0.2) is 0 Å². The molecule has 0 aliphatic rings. The van der Waals surface area contributed by atoms with Crippen molar-refractivity contribution in [3.63, 3.8) is 0 Å². The van der Waals surface area contributed by atoms with E-state index in [-0.39, 0.29) is 11.4 Å². The zero-order valence-electron chi connectivity index (χ0n) is 12.9. The molecule has 0 aliphatic carbocycles. The normalized spacial score (nSPS) is 11.9.